The van der Waals surface area contributed by atoms with Crippen molar-refractivity contribution in [1.82, 2.24) is 5.32 Å². The van der Waals surface area contributed by atoms with E-state index >= 15 is 0 Å². The monoisotopic (exact) mass is 282 g/mol. The lowest BCUT2D eigenvalue weighted by molar-refractivity contribution is 0.0953. The Morgan fingerprint density at radius 1 is 1.14 bits per heavy atom. The summed E-state index contributed by atoms with van der Waals surface area (Å²) in [5.41, 5.74) is 2.21. The van der Waals surface area contributed by atoms with Gasteiger partial charge in [0.25, 0.3) is 5.91 Å². The van der Waals surface area contributed by atoms with Crippen LogP contribution in [0.4, 0.5) is 4.39 Å². The Kier molecular flexibility index (Phi) is 5.05. The maximum absolute atomic E-state index is 12.8. The molecule has 0 aliphatic heterocycles. The van der Waals surface area contributed by atoms with Crippen LogP contribution in [0.1, 0.15) is 21.5 Å². The van der Waals surface area contributed by atoms with Gasteiger partial charge in [-0.1, -0.05) is 30.3 Å². The van der Waals surface area contributed by atoms with Crippen molar-refractivity contribution in [2.75, 3.05) is 6.54 Å². The van der Waals surface area contributed by atoms with Crippen LogP contribution in [0.2, 0.25) is 0 Å². The van der Waals surface area contributed by atoms with Crippen LogP contribution in [-0.2, 0) is 12.8 Å². The van der Waals surface area contributed by atoms with Crippen molar-refractivity contribution >= 4 is 5.91 Å². The van der Waals surface area contributed by atoms with Gasteiger partial charge < -0.3 is 5.32 Å². The Hall–Kier alpha value is -2.67. The zero-order chi connectivity index (χ0) is 15.1. The van der Waals surface area contributed by atoms with Crippen molar-refractivity contribution in [3.63, 3.8) is 0 Å². The second kappa shape index (κ2) is 7.20. The Labute approximate surface area is 123 Å². The first-order chi connectivity index (χ1) is 10.2. The summed E-state index contributed by atoms with van der Waals surface area (Å²) >= 11 is 0. The van der Waals surface area contributed by atoms with Crippen molar-refractivity contribution in [1.29, 1.82) is 5.26 Å². The summed E-state index contributed by atoms with van der Waals surface area (Å²) in [5.74, 6) is -0.462. The zero-order valence-electron chi connectivity index (χ0n) is 11.5. The molecule has 3 nitrogen and oxygen atoms in total. The van der Waals surface area contributed by atoms with Crippen LogP contribution < -0.4 is 5.32 Å². The molecule has 0 unspecified atom stereocenters. The van der Waals surface area contributed by atoms with Crippen LogP contribution in [0.5, 0.6) is 0 Å². The molecule has 0 heterocycles. The van der Waals surface area contributed by atoms with Gasteiger partial charge in [-0.2, -0.15) is 5.26 Å². The van der Waals surface area contributed by atoms with Crippen molar-refractivity contribution in [2.24, 2.45) is 0 Å². The van der Waals surface area contributed by atoms with Gasteiger partial charge >= 0.3 is 0 Å². The molecule has 2 aromatic carbocycles. The first kappa shape index (κ1) is 14.7. The highest BCUT2D eigenvalue weighted by Gasteiger charge is 2.09. The lowest BCUT2D eigenvalue weighted by Gasteiger charge is -2.08. The van der Waals surface area contributed by atoms with E-state index in [0.29, 0.717) is 18.5 Å². The summed E-state index contributed by atoms with van der Waals surface area (Å²) in [4.78, 5) is 12.1. The van der Waals surface area contributed by atoms with Gasteiger partial charge in [-0.3, -0.25) is 4.79 Å². The maximum Gasteiger partial charge on any atom is 0.251 e. The number of nitrogens with one attached hydrogen (secondary N) is 1. The summed E-state index contributed by atoms with van der Waals surface area (Å²) in [7, 11) is 0. The van der Waals surface area contributed by atoms with E-state index in [1.807, 2.05) is 6.07 Å². The number of rotatable bonds is 5. The lowest BCUT2D eigenvalue weighted by atomic mass is 10.0. The van der Waals surface area contributed by atoms with E-state index in [2.05, 4.69) is 11.4 Å². The first-order valence-electron chi connectivity index (χ1n) is 6.68. The number of hydrogen-bond acceptors (Lipinski definition) is 2. The molecule has 1 amide bonds. The zero-order valence-corrected chi connectivity index (χ0v) is 11.5. The Balaban J connectivity index is 1.93. The van der Waals surface area contributed by atoms with Gasteiger partial charge in [0.05, 0.1) is 12.5 Å². The molecule has 0 spiro atoms. The van der Waals surface area contributed by atoms with E-state index in [4.69, 9.17) is 5.26 Å². The standard InChI is InChI=1S/C17H15FN2O/c18-15-7-5-13(6-8-15)10-12-20-17(21)16-4-2-1-3-14(16)9-11-19/h1-8H,9-10,12H2,(H,20,21). The molecule has 106 valence electrons. The predicted octanol–water partition coefficient (Wildman–Crippen LogP) is 2.86. The van der Waals surface area contributed by atoms with E-state index in [9.17, 15) is 9.18 Å². The molecule has 4 heteroatoms. The SMILES string of the molecule is N#CCc1ccccc1C(=O)NCCc1ccc(F)cc1. The Bertz CT molecular complexity index is 659. The van der Waals surface area contributed by atoms with Gasteiger partial charge in [0, 0.05) is 12.1 Å². The summed E-state index contributed by atoms with van der Waals surface area (Å²) in [6.45, 7) is 0.464. The summed E-state index contributed by atoms with van der Waals surface area (Å²) in [6, 6.07) is 15.3. The second-order valence-electron chi connectivity index (χ2n) is 4.62. The third-order valence-corrected chi connectivity index (χ3v) is 3.14. The molecule has 0 aromatic heterocycles. The molecule has 2 aromatic rings. The minimum Gasteiger partial charge on any atom is -0.352 e. The normalized spacial score (nSPS) is 9.90. The van der Waals surface area contributed by atoms with Crippen molar-refractivity contribution in [2.45, 2.75) is 12.8 Å². The third kappa shape index (κ3) is 4.15. The maximum atomic E-state index is 12.8. The second-order valence-corrected chi connectivity index (χ2v) is 4.62. The van der Waals surface area contributed by atoms with E-state index in [0.717, 1.165) is 11.1 Å². The van der Waals surface area contributed by atoms with Gasteiger partial charge in [0.15, 0.2) is 0 Å². The van der Waals surface area contributed by atoms with Crippen molar-refractivity contribution < 1.29 is 9.18 Å². The number of nitrogens with zero attached hydrogens (tertiary/aromatic N) is 1. The number of amides is 1. The molecule has 0 saturated heterocycles. The summed E-state index contributed by atoms with van der Waals surface area (Å²) in [5, 5.41) is 11.6. The molecule has 0 saturated carbocycles. The topological polar surface area (TPSA) is 52.9 Å². The highest BCUT2D eigenvalue weighted by Crippen LogP contribution is 2.09. The van der Waals surface area contributed by atoms with E-state index < -0.39 is 0 Å². The number of carbonyl (C=O) groups excluding carboxylic acids is 1. The molecule has 2 rings (SSSR count). The third-order valence-electron chi connectivity index (χ3n) is 3.14. The highest BCUT2D eigenvalue weighted by molar-refractivity contribution is 5.95. The fourth-order valence-electron chi connectivity index (χ4n) is 2.05. The molecular weight excluding hydrogens is 267 g/mol. The fraction of sp³-hybridized carbons (Fsp3) is 0.176. The lowest BCUT2D eigenvalue weighted by Crippen LogP contribution is -2.26. The Morgan fingerprint density at radius 2 is 1.86 bits per heavy atom. The minimum absolute atomic E-state index is 0.192. The van der Waals surface area contributed by atoms with Crippen LogP contribution in [-0.4, -0.2) is 12.5 Å². The molecule has 0 radical (unpaired) electrons. The number of nitriles is 1. The molecule has 0 aliphatic carbocycles. The van der Waals surface area contributed by atoms with Crippen LogP contribution in [0.3, 0.4) is 0 Å². The van der Waals surface area contributed by atoms with E-state index in [-0.39, 0.29) is 18.1 Å². The van der Waals surface area contributed by atoms with Crippen LogP contribution in [0.15, 0.2) is 48.5 Å². The highest BCUT2D eigenvalue weighted by atomic mass is 19.1. The predicted molar refractivity (Wildman–Crippen MR) is 78.2 cm³/mol. The molecule has 0 atom stereocenters. The number of carbonyl (C=O) groups is 1. The first-order valence-corrected chi connectivity index (χ1v) is 6.68. The summed E-state index contributed by atoms with van der Waals surface area (Å²) < 4.78 is 12.8. The van der Waals surface area contributed by atoms with Crippen LogP contribution in [0.25, 0.3) is 0 Å². The molecule has 0 bridgehead atoms. The largest absolute Gasteiger partial charge is 0.352 e. The van der Waals surface area contributed by atoms with Crippen molar-refractivity contribution in [3.05, 3.63) is 71.0 Å². The van der Waals surface area contributed by atoms with Gasteiger partial charge in [-0.15, -0.1) is 0 Å². The van der Waals surface area contributed by atoms with E-state index in [1.54, 1.807) is 30.3 Å². The quantitative estimate of drug-likeness (QED) is 0.916. The Morgan fingerprint density at radius 3 is 2.57 bits per heavy atom. The average Bonchev–Trinajstić information content (AvgIpc) is 2.50. The van der Waals surface area contributed by atoms with E-state index in [1.165, 1.54) is 12.1 Å². The number of halogens is 1. The minimum atomic E-state index is -0.270. The molecule has 1 N–H and O–H groups in total. The number of benzene rings is 2. The van der Waals surface area contributed by atoms with Crippen LogP contribution in [0, 0.1) is 17.1 Å². The molecular formula is C17H15FN2O. The van der Waals surface area contributed by atoms with Gasteiger partial charge in [0.1, 0.15) is 5.82 Å². The molecule has 21 heavy (non-hydrogen) atoms. The van der Waals surface area contributed by atoms with Crippen molar-refractivity contribution in [3.8, 4) is 6.07 Å². The number of hydrogen-bond donors (Lipinski definition) is 1. The summed E-state index contributed by atoms with van der Waals surface area (Å²) in [6.07, 6.45) is 0.841. The van der Waals surface area contributed by atoms with Gasteiger partial charge in [-0.25, -0.2) is 4.39 Å². The molecule has 0 aliphatic rings. The van der Waals surface area contributed by atoms with Gasteiger partial charge in [-0.05, 0) is 35.7 Å². The van der Waals surface area contributed by atoms with Gasteiger partial charge in [0.2, 0.25) is 0 Å². The smallest absolute Gasteiger partial charge is 0.251 e. The molecule has 0 fully saturated rings. The fourth-order valence-corrected chi connectivity index (χ4v) is 2.05. The van der Waals surface area contributed by atoms with Crippen LogP contribution >= 0.6 is 0 Å². The average molecular weight is 282 g/mol.